The molecule has 1 heterocycles. The molecule has 2 aromatic carbocycles. The molecule has 0 aliphatic carbocycles. The molecular weight excluding hydrogens is 292 g/mol. The molecule has 120 valence electrons. The number of ether oxygens (including phenoxy) is 2. The first kappa shape index (κ1) is 15.4. The number of carbonyl (C=O) groups is 1. The quantitative estimate of drug-likeness (QED) is 0.859. The van der Waals surface area contributed by atoms with Gasteiger partial charge in [-0.2, -0.15) is 0 Å². The highest BCUT2D eigenvalue weighted by Crippen LogP contribution is 2.49. The van der Waals surface area contributed by atoms with Crippen LogP contribution in [0.1, 0.15) is 30.5 Å². The summed E-state index contributed by atoms with van der Waals surface area (Å²) < 4.78 is 10.8. The normalized spacial score (nSPS) is 14.4. The van der Waals surface area contributed by atoms with Gasteiger partial charge in [0.15, 0.2) is 0 Å². The van der Waals surface area contributed by atoms with E-state index in [-0.39, 0.29) is 18.1 Å². The summed E-state index contributed by atoms with van der Waals surface area (Å²) in [6.45, 7) is 6.01. The zero-order valence-corrected chi connectivity index (χ0v) is 13.8. The average molecular weight is 312 g/mol. The van der Waals surface area contributed by atoms with Gasteiger partial charge in [-0.15, -0.1) is 0 Å². The van der Waals surface area contributed by atoms with Crippen molar-refractivity contribution in [2.24, 2.45) is 0 Å². The lowest BCUT2D eigenvalue weighted by Gasteiger charge is -2.35. The molecular formula is C19H20O4. The van der Waals surface area contributed by atoms with Gasteiger partial charge in [0.25, 0.3) is 0 Å². The number of rotatable bonds is 2. The van der Waals surface area contributed by atoms with Crippen LogP contribution in [-0.4, -0.2) is 18.2 Å². The summed E-state index contributed by atoms with van der Waals surface area (Å²) in [6, 6.07) is 9.54. The number of fused-ring (bicyclic) bond motifs is 3. The number of aryl methyl sites for hydroxylation is 1. The van der Waals surface area contributed by atoms with Crippen molar-refractivity contribution in [2.75, 3.05) is 7.11 Å². The molecule has 1 aliphatic heterocycles. The van der Waals surface area contributed by atoms with Gasteiger partial charge in [-0.3, -0.25) is 4.79 Å². The molecule has 0 radical (unpaired) electrons. The second kappa shape index (κ2) is 5.30. The van der Waals surface area contributed by atoms with E-state index in [1.165, 1.54) is 7.11 Å². The van der Waals surface area contributed by atoms with E-state index in [1.807, 2.05) is 32.9 Å². The predicted octanol–water partition coefficient (Wildman–Crippen LogP) is 3.71. The molecule has 2 aromatic rings. The first-order chi connectivity index (χ1) is 10.8. The average Bonchev–Trinajstić information content (AvgIpc) is 2.45. The van der Waals surface area contributed by atoms with Crippen LogP contribution in [-0.2, 0) is 21.6 Å². The number of hydrogen-bond donors (Lipinski definition) is 1. The van der Waals surface area contributed by atoms with Gasteiger partial charge in [-0.05, 0) is 44.0 Å². The van der Waals surface area contributed by atoms with Gasteiger partial charge in [0.2, 0.25) is 0 Å². The van der Waals surface area contributed by atoms with E-state index in [2.05, 4.69) is 10.8 Å². The fourth-order valence-electron chi connectivity index (χ4n) is 3.07. The van der Waals surface area contributed by atoms with Crippen molar-refractivity contribution in [1.82, 2.24) is 0 Å². The standard InChI is InChI=1S/C19H20O4/c1-11-5-6-14-13(7-11)18-15(20)8-12(10-17(21)22-4)9-16(18)23-19(14,2)3/h5-9,20H,10H2,1-4H3. The Morgan fingerprint density at radius 1 is 1.26 bits per heavy atom. The number of methoxy groups -OCH3 is 1. The van der Waals surface area contributed by atoms with E-state index in [0.29, 0.717) is 16.9 Å². The SMILES string of the molecule is COC(=O)Cc1cc(O)c2c(c1)OC(C)(C)c1ccc(C)cc1-2. The van der Waals surface area contributed by atoms with Crippen LogP contribution in [0.5, 0.6) is 11.5 Å². The summed E-state index contributed by atoms with van der Waals surface area (Å²) in [5, 5.41) is 10.5. The van der Waals surface area contributed by atoms with E-state index < -0.39 is 5.60 Å². The number of phenolic OH excluding ortho intramolecular Hbond substituents is 1. The van der Waals surface area contributed by atoms with E-state index in [9.17, 15) is 9.90 Å². The largest absolute Gasteiger partial charge is 0.507 e. The fourth-order valence-corrected chi connectivity index (χ4v) is 3.07. The van der Waals surface area contributed by atoms with Gasteiger partial charge in [-0.1, -0.05) is 23.8 Å². The Bertz CT molecular complexity index is 790. The molecule has 0 saturated carbocycles. The molecule has 23 heavy (non-hydrogen) atoms. The highest BCUT2D eigenvalue weighted by atomic mass is 16.5. The van der Waals surface area contributed by atoms with Crippen LogP contribution in [0.4, 0.5) is 0 Å². The molecule has 0 spiro atoms. The smallest absolute Gasteiger partial charge is 0.309 e. The van der Waals surface area contributed by atoms with E-state index in [0.717, 1.165) is 16.7 Å². The lowest BCUT2D eigenvalue weighted by Crippen LogP contribution is -2.29. The summed E-state index contributed by atoms with van der Waals surface area (Å²) in [4.78, 5) is 11.5. The fraction of sp³-hybridized carbons (Fsp3) is 0.316. The van der Waals surface area contributed by atoms with Gasteiger partial charge in [-0.25, -0.2) is 0 Å². The molecule has 4 nitrogen and oxygen atoms in total. The summed E-state index contributed by atoms with van der Waals surface area (Å²) in [5.74, 6) is 0.353. The Morgan fingerprint density at radius 3 is 2.70 bits per heavy atom. The lowest BCUT2D eigenvalue weighted by molar-refractivity contribution is -0.139. The summed E-state index contributed by atoms with van der Waals surface area (Å²) in [5.41, 5.74) is 3.96. The van der Waals surface area contributed by atoms with Crippen molar-refractivity contribution in [3.8, 4) is 22.6 Å². The second-order valence-electron chi connectivity index (χ2n) is 6.40. The highest BCUT2D eigenvalue weighted by molar-refractivity contribution is 5.83. The molecule has 0 bridgehead atoms. The molecule has 0 saturated heterocycles. The molecule has 1 N–H and O–H groups in total. The molecule has 3 rings (SSSR count). The third kappa shape index (κ3) is 2.65. The van der Waals surface area contributed by atoms with Crippen molar-refractivity contribution in [1.29, 1.82) is 0 Å². The second-order valence-corrected chi connectivity index (χ2v) is 6.40. The minimum absolute atomic E-state index is 0.0990. The third-order valence-corrected chi connectivity index (χ3v) is 4.18. The van der Waals surface area contributed by atoms with Crippen molar-refractivity contribution >= 4 is 5.97 Å². The zero-order valence-electron chi connectivity index (χ0n) is 13.8. The van der Waals surface area contributed by atoms with Crippen molar-refractivity contribution in [2.45, 2.75) is 32.8 Å². The minimum Gasteiger partial charge on any atom is -0.507 e. The van der Waals surface area contributed by atoms with Crippen LogP contribution in [0.25, 0.3) is 11.1 Å². The first-order valence-corrected chi connectivity index (χ1v) is 7.55. The summed E-state index contributed by atoms with van der Waals surface area (Å²) in [6.07, 6.45) is 0.0990. The van der Waals surface area contributed by atoms with Crippen LogP contribution < -0.4 is 4.74 Å². The zero-order chi connectivity index (χ0) is 16.8. The molecule has 0 atom stereocenters. The van der Waals surface area contributed by atoms with Crippen LogP contribution in [0.3, 0.4) is 0 Å². The van der Waals surface area contributed by atoms with Crippen molar-refractivity contribution < 1.29 is 19.4 Å². The number of carbonyl (C=O) groups excluding carboxylic acids is 1. The van der Waals surface area contributed by atoms with Crippen LogP contribution in [0, 0.1) is 6.92 Å². The molecule has 0 fully saturated rings. The van der Waals surface area contributed by atoms with Gasteiger partial charge in [0, 0.05) is 5.56 Å². The van der Waals surface area contributed by atoms with Gasteiger partial charge < -0.3 is 14.6 Å². The van der Waals surface area contributed by atoms with Crippen molar-refractivity contribution in [3.63, 3.8) is 0 Å². The maximum Gasteiger partial charge on any atom is 0.309 e. The molecule has 1 aliphatic rings. The lowest BCUT2D eigenvalue weighted by atomic mass is 9.84. The summed E-state index contributed by atoms with van der Waals surface area (Å²) >= 11 is 0. The minimum atomic E-state index is -0.508. The number of aromatic hydroxyl groups is 1. The Hall–Kier alpha value is -2.49. The van der Waals surface area contributed by atoms with Gasteiger partial charge in [0.05, 0.1) is 19.1 Å². The molecule has 0 aromatic heterocycles. The predicted molar refractivity (Wildman–Crippen MR) is 87.7 cm³/mol. The van der Waals surface area contributed by atoms with Gasteiger partial charge >= 0.3 is 5.97 Å². The Balaban J connectivity index is 2.18. The van der Waals surface area contributed by atoms with Crippen LogP contribution in [0.2, 0.25) is 0 Å². The first-order valence-electron chi connectivity index (χ1n) is 7.55. The van der Waals surface area contributed by atoms with E-state index in [1.54, 1.807) is 12.1 Å². The molecule has 0 unspecified atom stereocenters. The number of hydrogen-bond acceptors (Lipinski definition) is 4. The number of benzene rings is 2. The number of phenols is 1. The van der Waals surface area contributed by atoms with Crippen molar-refractivity contribution in [3.05, 3.63) is 47.0 Å². The molecule has 0 amide bonds. The Morgan fingerprint density at radius 2 is 2.00 bits per heavy atom. The summed E-state index contributed by atoms with van der Waals surface area (Å²) in [7, 11) is 1.35. The Kier molecular flexibility index (Phi) is 3.55. The Labute approximate surface area is 135 Å². The number of esters is 1. The van der Waals surface area contributed by atoms with E-state index >= 15 is 0 Å². The van der Waals surface area contributed by atoms with Gasteiger partial charge in [0.1, 0.15) is 17.1 Å². The topological polar surface area (TPSA) is 55.8 Å². The maximum atomic E-state index is 11.5. The molecule has 4 heteroatoms. The maximum absolute atomic E-state index is 11.5. The van der Waals surface area contributed by atoms with Crippen LogP contribution in [0.15, 0.2) is 30.3 Å². The van der Waals surface area contributed by atoms with E-state index in [4.69, 9.17) is 4.74 Å². The van der Waals surface area contributed by atoms with Crippen LogP contribution >= 0.6 is 0 Å². The third-order valence-electron chi connectivity index (χ3n) is 4.18. The monoisotopic (exact) mass is 312 g/mol. The highest BCUT2D eigenvalue weighted by Gasteiger charge is 2.34.